The largest absolute Gasteiger partial charge is 0.309 e. The van der Waals surface area contributed by atoms with E-state index in [9.17, 15) is 0 Å². The molecule has 12 rings (SSSR count). The van der Waals surface area contributed by atoms with Gasteiger partial charge >= 0.3 is 0 Å². The lowest BCUT2D eigenvalue weighted by atomic mass is 9.83. The van der Waals surface area contributed by atoms with E-state index in [2.05, 4.69) is 274 Å². The number of para-hydroxylation sites is 2. The molecule has 71 heavy (non-hydrogen) atoms. The summed E-state index contributed by atoms with van der Waals surface area (Å²) in [6, 6.07) is 88.7. The molecule has 0 radical (unpaired) electrons. The van der Waals surface area contributed by atoms with Gasteiger partial charge in [0.2, 0.25) is 0 Å². The molecule has 4 nitrogen and oxygen atoms in total. The first-order valence-electron chi connectivity index (χ1n) is 24.3. The molecule has 2 heterocycles. The minimum atomic E-state index is -0.0232. The van der Waals surface area contributed by atoms with Crippen LogP contribution in [0.25, 0.3) is 117 Å². The van der Waals surface area contributed by atoms with Crippen LogP contribution in [0, 0.1) is 0 Å². The van der Waals surface area contributed by atoms with Crippen molar-refractivity contribution in [1.29, 1.82) is 0 Å². The molecule has 0 aliphatic carbocycles. The van der Waals surface area contributed by atoms with E-state index in [0.717, 1.165) is 55.7 Å². The van der Waals surface area contributed by atoms with E-state index in [-0.39, 0.29) is 5.41 Å². The molecule has 12 aromatic rings. The molecule has 0 aliphatic heterocycles. The highest BCUT2D eigenvalue weighted by Crippen LogP contribution is 2.37. The monoisotopic (exact) mass is 910 g/mol. The number of benzene rings is 10. The Labute approximate surface area is 415 Å². The minimum absolute atomic E-state index is 0.0232. The van der Waals surface area contributed by atoms with Crippen molar-refractivity contribution in [2.45, 2.75) is 26.2 Å². The van der Waals surface area contributed by atoms with Crippen molar-refractivity contribution >= 4 is 21.8 Å². The topological polar surface area (TPSA) is 43.6 Å². The van der Waals surface area contributed by atoms with Crippen LogP contribution in [-0.2, 0) is 5.41 Å². The van der Waals surface area contributed by atoms with Crippen molar-refractivity contribution in [1.82, 2.24) is 19.5 Å². The van der Waals surface area contributed by atoms with Crippen molar-refractivity contribution < 1.29 is 0 Å². The summed E-state index contributed by atoms with van der Waals surface area (Å²) in [5.41, 5.74) is 19.0. The van der Waals surface area contributed by atoms with Gasteiger partial charge in [0.1, 0.15) is 0 Å². The van der Waals surface area contributed by atoms with Crippen LogP contribution < -0.4 is 0 Å². The molecule has 2 aromatic heterocycles. The van der Waals surface area contributed by atoms with Gasteiger partial charge in [-0.05, 0) is 115 Å². The summed E-state index contributed by atoms with van der Waals surface area (Å²) in [7, 11) is 0. The number of nitrogens with zero attached hydrogens (tertiary/aromatic N) is 4. The van der Waals surface area contributed by atoms with E-state index in [1.54, 1.807) is 0 Å². The zero-order valence-electron chi connectivity index (χ0n) is 40.0. The third-order valence-corrected chi connectivity index (χ3v) is 13.6. The zero-order valence-corrected chi connectivity index (χ0v) is 40.0. The van der Waals surface area contributed by atoms with Crippen molar-refractivity contribution in [3.05, 3.63) is 254 Å². The van der Waals surface area contributed by atoms with E-state index < -0.39 is 0 Å². The predicted molar refractivity (Wildman–Crippen MR) is 296 cm³/mol. The zero-order chi connectivity index (χ0) is 47.9. The number of aromatic nitrogens is 4. The second kappa shape index (κ2) is 18.2. The summed E-state index contributed by atoms with van der Waals surface area (Å²) >= 11 is 0. The lowest BCUT2D eigenvalue weighted by Gasteiger charge is -2.22. The molecule has 0 unspecified atom stereocenters. The van der Waals surface area contributed by atoms with Gasteiger partial charge in [0.25, 0.3) is 0 Å². The Morgan fingerprint density at radius 2 is 0.606 bits per heavy atom. The van der Waals surface area contributed by atoms with Crippen LogP contribution >= 0.6 is 0 Å². The highest BCUT2D eigenvalue weighted by molar-refractivity contribution is 6.09. The van der Waals surface area contributed by atoms with Crippen LogP contribution in [0.4, 0.5) is 0 Å². The van der Waals surface area contributed by atoms with E-state index in [1.165, 1.54) is 49.7 Å². The van der Waals surface area contributed by atoms with E-state index in [1.807, 2.05) is 0 Å². The van der Waals surface area contributed by atoms with Gasteiger partial charge in [-0.25, -0.2) is 15.0 Å². The summed E-state index contributed by atoms with van der Waals surface area (Å²) in [5, 5.41) is 2.43. The Morgan fingerprint density at radius 3 is 1.11 bits per heavy atom. The van der Waals surface area contributed by atoms with Crippen LogP contribution in [0.2, 0.25) is 0 Å². The molecule has 0 fully saturated rings. The standard InChI is InChI=1S/C67H50N4/c1-67(2,3)58-42-56(46-20-8-5-9-21-46)41-57(43-58)47-34-36-48(37-35-47)64-68-65(70-66(69-64)55-28-17-29-59(44-55)71-62-32-12-10-30-60(62)61-31-11-13-33-63(61)71)54-27-16-26-53(40-54)52-25-15-24-51(39-52)50-23-14-22-49(38-50)45-18-6-4-7-19-45/h4-44H,1-3H3. The van der Waals surface area contributed by atoms with Crippen LogP contribution in [0.3, 0.4) is 0 Å². The Morgan fingerprint density at radius 1 is 0.268 bits per heavy atom. The maximum absolute atomic E-state index is 5.29. The van der Waals surface area contributed by atoms with Gasteiger partial charge in [-0.3, -0.25) is 0 Å². The van der Waals surface area contributed by atoms with E-state index in [0.29, 0.717) is 17.5 Å². The van der Waals surface area contributed by atoms with E-state index >= 15 is 0 Å². The van der Waals surface area contributed by atoms with Crippen molar-refractivity contribution in [3.63, 3.8) is 0 Å². The molecule has 338 valence electrons. The van der Waals surface area contributed by atoms with Gasteiger partial charge in [-0.15, -0.1) is 0 Å². The number of fused-ring (bicyclic) bond motifs is 3. The highest BCUT2D eigenvalue weighted by atomic mass is 15.0. The smallest absolute Gasteiger partial charge is 0.164 e. The average molecular weight is 911 g/mol. The van der Waals surface area contributed by atoms with Gasteiger partial charge in [-0.2, -0.15) is 0 Å². The van der Waals surface area contributed by atoms with Crippen molar-refractivity contribution in [2.75, 3.05) is 0 Å². The van der Waals surface area contributed by atoms with Crippen LogP contribution in [-0.4, -0.2) is 19.5 Å². The van der Waals surface area contributed by atoms with Gasteiger partial charge in [0, 0.05) is 33.2 Å². The van der Waals surface area contributed by atoms with E-state index in [4.69, 9.17) is 15.0 Å². The maximum Gasteiger partial charge on any atom is 0.164 e. The maximum atomic E-state index is 5.29. The lowest BCUT2D eigenvalue weighted by molar-refractivity contribution is 0.590. The molecule has 4 heteroatoms. The molecule has 10 aromatic carbocycles. The van der Waals surface area contributed by atoms with Gasteiger partial charge in [-0.1, -0.05) is 221 Å². The van der Waals surface area contributed by atoms with Crippen LogP contribution in [0.5, 0.6) is 0 Å². The summed E-state index contributed by atoms with van der Waals surface area (Å²) in [6.07, 6.45) is 0. The van der Waals surface area contributed by atoms with Gasteiger partial charge in [0.05, 0.1) is 11.0 Å². The van der Waals surface area contributed by atoms with Gasteiger partial charge < -0.3 is 4.57 Å². The first kappa shape index (κ1) is 43.3. The fourth-order valence-corrected chi connectivity index (χ4v) is 9.81. The molecular formula is C67H50N4. The second-order valence-electron chi connectivity index (χ2n) is 19.3. The number of hydrogen-bond acceptors (Lipinski definition) is 3. The Balaban J connectivity index is 0.961. The van der Waals surface area contributed by atoms with Gasteiger partial charge in [0.15, 0.2) is 17.5 Å². The molecule has 0 bridgehead atoms. The molecule has 0 spiro atoms. The average Bonchev–Trinajstić information content (AvgIpc) is 3.78. The van der Waals surface area contributed by atoms with Crippen molar-refractivity contribution in [3.8, 4) is 95.5 Å². The Hall–Kier alpha value is -8.99. The molecule has 0 N–H and O–H groups in total. The number of rotatable bonds is 9. The summed E-state index contributed by atoms with van der Waals surface area (Å²) in [4.78, 5) is 15.8. The summed E-state index contributed by atoms with van der Waals surface area (Å²) in [6.45, 7) is 6.83. The summed E-state index contributed by atoms with van der Waals surface area (Å²) < 4.78 is 2.34. The fourth-order valence-electron chi connectivity index (χ4n) is 9.81. The van der Waals surface area contributed by atoms with Crippen molar-refractivity contribution in [2.24, 2.45) is 0 Å². The van der Waals surface area contributed by atoms with Crippen LogP contribution in [0.15, 0.2) is 249 Å². The SMILES string of the molecule is CC(C)(C)c1cc(-c2ccccc2)cc(-c2ccc(-c3nc(-c4cccc(-c5cccc(-c6cccc(-c7ccccc7)c6)c5)c4)nc(-c4cccc(-n5c6ccccc6c6ccccc65)c4)n3)cc2)c1. The first-order valence-corrected chi connectivity index (χ1v) is 24.3. The third-order valence-electron chi connectivity index (χ3n) is 13.6. The molecular weight excluding hydrogens is 861 g/mol. The quantitative estimate of drug-likeness (QED) is 0.145. The number of hydrogen-bond donors (Lipinski definition) is 0. The molecule has 0 amide bonds. The summed E-state index contributed by atoms with van der Waals surface area (Å²) in [5.74, 6) is 1.82. The molecule has 0 aliphatic rings. The molecule has 0 saturated carbocycles. The Bertz CT molecular complexity index is 3850. The predicted octanol–water partition coefficient (Wildman–Crippen LogP) is 17.6. The second-order valence-corrected chi connectivity index (χ2v) is 19.3. The normalized spacial score (nSPS) is 11.6. The minimum Gasteiger partial charge on any atom is -0.309 e. The molecule has 0 atom stereocenters. The fraction of sp³-hybridized carbons (Fsp3) is 0.0597. The third kappa shape index (κ3) is 8.62. The Kier molecular flexibility index (Phi) is 11.1. The molecule has 0 saturated heterocycles. The first-order chi connectivity index (χ1) is 34.8. The lowest BCUT2D eigenvalue weighted by Crippen LogP contribution is -2.11. The highest BCUT2D eigenvalue weighted by Gasteiger charge is 2.19. The van der Waals surface area contributed by atoms with Crippen LogP contribution in [0.1, 0.15) is 26.3 Å².